The number of hydrogen-bond donors (Lipinski definition) is 0. The number of benzene rings is 2. The summed E-state index contributed by atoms with van der Waals surface area (Å²) < 4.78 is 10.7. The summed E-state index contributed by atoms with van der Waals surface area (Å²) in [5, 5.41) is -0.0484. The highest BCUT2D eigenvalue weighted by molar-refractivity contribution is 6.55. The van der Waals surface area contributed by atoms with Gasteiger partial charge in [-0.1, -0.05) is 29.8 Å². The van der Waals surface area contributed by atoms with E-state index >= 15 is 0 Å². The van der Waals surface area contributed by atoms with Crippen molar-refractivity contribution in [1.29, 1.82) is 0 Å². The molecule has 0 bridgehead atoms. The number of hydrogen-bond acceptors (Lipinski definition) is 4. The number of rotatable bonds is 6. The quantitative estimate of drug-likeness (QED) is 0.711. The van der Waals surface area contributed by atoms with E-state index in [0.29, 0.717) is 11.3 Å². The summed E-state index contributed by atoms with van der Waals surface area (Å²) in [5.74, 6) is 0.462. The molecule has 1 heterocycles. The Balaban J connectivity index is 1.68. The average Bonchev–Trinajstić information content (AvgIpc) is 2.88. The fraction of sp³-hybridized carbons (Fsp3) is 0.238. The largest absolute Gasteiger partial charge is 0.497 e. The Morgan fingerprint density at radius 1 is 0.926 bits per heavy atom. The molecule has 2 aromatic rings. The first-order chi connectivity index (χ1) is 12.9. The number of carbonyl (C=O) groups excluding carboxylic acids is 2. The van der Waals surface area contributed by atoms with Gasteiger partial charge >= 0.3 is 0 Å². The van der Waals surface area contributed by atoms with E-state index in [2.05, 4.69) is 0 Å². The Bertz CT molecular complexity index is 918. The Kier molecular flexibility index (Phi) is 5.51. The molecule has 0 N–H and O–H groups in total. The molecule has 2 amide bonds. The van der Waals surface area contributed by atoms with Gasteiger partial charge in [-0.2, -0.15) is 0 Å². The second-order valence-electron chi connectivity index (χ2n) is 6.27. The van der Waals surface area contributed by atoms with E-state index in [1.165, 1.54) is 0 Å². The Morgan fingerprint density at radius 2 is 1.59 bits per heavy atom. The van der Waals surface area contributed by atoms with Crippen molar-refractivity contribution < 1.29 is 19.1 Å². The van der Waals surface area contributed by atoms with Crippen LogP contribution in [0.2, 0.25) is 0 Å². The van der Waals surface area contributed by atoms with E-state index in [1.807, 2.05) is 32.0 Å². The van der Waals surface area contributed by atoms with E-state index in [4.69, 9.17) is 21.1 Å². The zero-order chi connectivity index (χ0) is 19.6. The molecule has 1 aliphatic heterocycles. The van der Waals surface area contributed by atoms with E-state index in [9.17, 15) is 9.59 Å². The molecule has 1 aliphatic rings. The number of imide groups is 1. The minimum absolute atomic E-state index is 0.0484. The lowest BCUT2D eigenvalue weighted by molar-refractivity contribution is -0.137. The molecule has 3 rings (SSSR count). The summed E-state index contributed by atoms with van der Waals surface area (Å²) in [6, 6.07) is 12.7. The smallest absolute Gasteiger partial charge is 0.273 e. The van der Waals surface area contributed by atoms with Gasteiger partial charge in [0, 0.05) is 0 Å². The molecule has 0 aliphatic carbocycles. The molecule has 0 spiro atoms. The third-order valence-corrected chi connectivity index (χ3v) is 4.90. The summed E-state index contributed by atoms with van der Waals surface area (Å²) in [6.07, 6.45) is 0. The Labute approximate surface area is 163 Å². The van der Waals surface area contributed by atoms with Crippen LogP contribution in [0.15, 0.2) is 47.5 Å². The van der Waals surface area contributed by atoms with Gasteiger partial charge in [0.25, 0.3) is 11.8 Å². The van der Waals surface area contributed by atoms with Crippen molar-refractivity contribution in [2.45, 2.75) is 13.8 Å². The number of carbonyl (C=O) groups is 2. The molecular formula is C21H20ClNO4. The van der Waals surface area contributed by atoms with Gasteiger partial charge in [-0.15, -0.1) is 0 Å². The molecule has 0 unspecified atom stereocenters. The van der Waals surface area contributed by atoms with Crippen molar-refractivity contribution in [1.82, 2.24) is 4.90 Å². The first-order valence-electron chi connectivity index (χ1n) is 8.53. The van der Waals surface area contributed by atoms with Crippen molar-refractivity contribution >= 4 is 29.0 Å². The summed E-state index contributed by atoms with van der Waals surface area (Å²) in [7, 11) is 1.59. The first-order valence-corrected chi connectivity index (χ1v) is 8.90. The van der Waals surface area contributed by atoms with Crippen LogP contribution in [-0.4, -0.2) is 37.0 Å². The maximum Gasteiger partial charge on any atom is 0.273 e. The fourth-order valence-corrected chi connectivity index (χ4v) is 3.12. The topological polar surface area (TPSA) is 55.8 Å². The first kappa shape index (κ1) is 19.0. The number of halogens is 1. The van der Waals surface area contributed by atoms with Crippen LogP contribution in [0, 0.1) is 13.8 Å². The van der Waals surface area contributed by atoms with Crippen LogP contribution in [0.5, 0.6) is 11.5 Å². The lowest BCUT2D eigenvalue weighted by Gasteiger charge is -2.15. The molecular weight excluding hydrogens is 366 g/mol. The molecule has 5 nitrogen and oxygen atoms in total. The lowest BCUT2D eigenvalue weighted by Crippen LogP contribution is -2.35. The maximum absolute atomic E-state index is 12.7. The predicted molar refractivity (Wildman–Crippen MR) is 104 cm³/mol. The molecule has 0 fully saturated rings. The second kappa shape index (κ2) is 7.84. The van der Waals surface area contributed by atoms with Crippen molar-refractivity contribution in [3.8, 4) is 11.5 Å². The number of ether oxygens (including phenoxy) is 2. The van der Waals surface area contributed by atoms with Crippen molar-refractivity contribution in [2.75, 3.05) is 20.3 Å². The van der Waals surface area contributed by atoms with Gasteiger partial charge in [0.2, 0.25) is 0 Å². The molecule has 0 radical (unpaired) electrons. The van der Waals surface area contributed by atoms with Gasteiger partial charge in [-0.05, 0) is 54.8 Å². The zero-order valence-electron chi connectivity index (χ0n) is 15.4. The number of methoxy groups -OCH3 is 1. The molecule has 0 saturated carbocycles. The number of nitrogens with zero attached hydrogens (tertiary/aromatic N) is 1. The number of amides is 2. The minimum Gasteiger partial charge on any atom is -0.497 e. The fourth-order valence-electron chi connectivity index (χ4n) is 2.82. The number of aryl methyl sites for hydroxylation is 2. The van der Waals surface area contributed by atoms with Crippen LogP contribution in [-0.2, 0) is 9.59 Å². The summed E-state index contributed by atoms with van der Waals surface area (Å²) in [4.78, 5) is 26.3. The van der Waals surface area contributed by atoms with Crippen molar-refractivity contribution in [3.05, 3.63) is 64.2 Å². The standard InChI is InChI=1S/C21H20ClNO4/c1-13-4-5-15(12-14(13)2)18-19(22)21(25)23(20(18)24)10-11-27-17-8-6-16(26-3)7-9-17/h4-9,12H,10-11H2,1-3H3. The molecule has 2 aromatic carbocycles. The molecule has 0 aromatic heterocycles. The van der Waals surface area contributed by atoms with Crippen LogP contribution < -0.4 is 9.47 Å². The van der Waals surface area contributed by atoms with Crippen LogP contribution in [0.25, 0.3) is 5.57 Å². The second-order valence-corrected chi connectivity index (χ2v) is 6.65. The average molecular weight is 386 g/mol. The normalized spacial score (nSPS) is 14.1. The predicted octanol–water partition coefficient (Wildman–Crippen LogP) is 3.71. The summed E-state index contributed by atoms with van der Waals surface area (Å²) in [5.41, 5.74) is 3.04. The van der Waals surface area contributed by atoms with Crippen molar-refractivity contribution in [2.24, 2.45) is 0 Å². The minimum atomic E-state index is -0.492. The highest BCUT2D eigenvalue weighted by Gasteiger charge is 2.38. The van der Waals surface area contributed by atoms with Crippen LogP contribution in [0.3, 0.4) is 0 Å². The van der Waals surface area contributed by atoms with E-state index in [-0.39, 0.29) is 23.8 Å². The SMILES string of the molecule is COc1ccc(OCCN2C(=O)C(Cl)=C(c3ccc(C)c(C)c3)C2=O)cc1. The van der Waals surface area contributed by atoms with Crippen molar-refractivity contribution in [3.63, 3.8) is 0 Å². The van der Waals surface area contributed by atoms with Gasteiger partial charge in [0.05, 0.1) is 19.2 Å². The van der Waals surface area contributed by atoms with E-state index in [1.54, 1.807) is 31.4 Å². The molecule has 140 valence electrons. The van der Waals surface area contributed by atoms with Gasteiger partial charge in [-0.3, -0.25) is 14.5 Å². The van der Waals surface area contributed by atoms with Crippen LogP contribution in [0.4, 0.5) is 0 Å². The maximum atomic E-state index is 12.7. The van der Waals surface area contributed by atoms with Gasteiger partial charge in [-0.25, -0.2) is 0 Å². The highest BCUT2D eigenvalue weighted by atomic mass is 35.5. The summed E-state index contributed by atoms with van der Waals surface area (Å²) in [6.45, 7) is 4.23. The third kappa shape index (κ3) is 3.83. The molecule has 6 heteroatoms. The Hall–Kier alpha value is -2.79. The third-order valence-electron chi connectivity index (χ3n) is 4.55. The molecule has 0 saturated heterocycles. The monoisotopic (exact) mass is 385 g/mol. The summed E-state index contributed by atoms with van der Waals surface area (Å²) >= 11 is 6.19. The van der Waals surface area contributed by atoms with Gasteiger partial charge < -0.3 is 9.47 Å². The van der Waals surface area contributed by atoms with E-state index in [0.717, 1.165) is 21.8 Å². The Morgan fingerprint density at radius 3 is 2.22 bits per heavy atom. The van der Waals surface area contributed by atoms with Crippen LogP contribution in [0.1, 0.15) is 16.7 Å². The lowest BCUT2D eigenvalue weighted by atomic mass is 10.0. The molecule has 27 heavy (non-hydrogen) atoms. The van der Waals surface area contributed by atoms with E-state index < -0.39 is 11.8 Å². The van der Waals surface area contributed by atoms with Gasteiger partial charge in [0.15, 0.2) is 0 Å². The molecule has 0 atom stereocenters. The highest BCUT2D eigenvalue weighted by Crippen LogP contribution is 2.32. The van der Waals surface area contributed by atoms with Crippen LogP contribution >= 0.6 is 11.6 Å². The zero-order valence-corrected chi connectivity index (χ0v) is 16.2. The van der Waals surface area contributed by atoms with Gasteiger partial charge in [0.1, 0.15) is 23.1 Å².